The zero-order valence-electron chi connectivity index (χ0n) is 14.4. The van der Waals surface area contributed by atoms with Gasteiger partial charge in [-0.1, -0.05) is 17.4 Å². The summed E-state index contributed by atoms with van der Waals surface area (Å²) in [7, 11) is 3.95. The molecule has 0 radical (unpaired) electrons. The number of thiazole rings is 1. The maximum Gasteiger partial charge on any atom is 0.280 e. The molecule has 0 bridgehead atoms. The number of nitrogens with zero attached hydrogens (tertiary/aromatic N) is 5. The number of benzene rings is 1. The van der Waals surface area contributed by atoms with Gasteiger partial charge in [0.25, 0.3) is 5.91 Å². The Morgan fingerprint density at radius 2 is 2.04 bits per heavy atom. The average molecular weight is 396 g/mol. The van der Waals surface area contributed by atoms with Gasteiger partial charge in [0.1, 0.15) is 17.0 Å². The number of hydrogen-bond donors (Lipinski definition) is 0. The summed E-state index contributed by atoms with van der Waals surface area (Å²) in [5.41, 5.74) is 0.527. The van der Waals surface area contributed by atoms with Gasteiger partial charge in [0.2, 0.25) is 0 Å². The lowest BCUT2D eigenvalue weighted by atomic mass is 10.3. The first-order valence-corrected chi connectivity index (χ1v) is 8.65. The first kappa shape index (κ1) is 20.2. The van der Waals surface area contributed by atoms with Gasteiger partial charge < -0.3 is 4.90 Å². The van der Waals surface area contributed by atoms with Crippen molar-refractivity contribution in [3.8, 4) is 0 Å². The number of halogens is 2. The SMILES string of the molecule is CN(C)CCCN(C(=O)c1cnccn1)c1nc2c(F)cccc2s1.Cl. The van der Waals surface area contributed by atoms with Crippen LogP contribution >= 0.6 is 23.7 Å². The van der Waals surface area contributed by atoms with E-state index in [2.05, 4.69) is 15.0 Å². The molecule has 9 heteroatoms. The van der Waals surface area contributed by atoms with E-state index in [1.54, 1.807) is 17.0 Å². The van der Waals surface area contributed by atoms with Crippen LogP contribution < -0.4 is 4.90 Å². The van der Waals surface area contributed by atoms with Crippen molar-refractivity contribution in [2.45, 2.75) is 6.42 Å². The second-order valence-electron chi connectivity index (χ2n) is 5.79. The Balaban J connectivity index is 0.00000243. The van der Waals surface area contributed by atoms with Gasteiger partial charge in [0.15, 0.2) is 5.13 Å². The lowest BCUT2D eigenvalue weighted by Crippen LogP contribution is -2.34. The smallest absolute Gasteiger partial charge is 0.280 e. The van der Waals surface area contributed by atoms with Crippen LogP contribution in [0.2, 0.25) is 0 Å². The molecular formula is C17H19ClFN5OS. The first-order chi connectivity index (χ1) is 12.1. The molecular weight excluding hydrogens is 377 g/mol. The zero-order chi connectivity index (χ0) is 17.8. The van der Waals surface area contributed by atoms with Gasteiger partial charge in [0, 0.05) is 18.9 Å². The minimum Gasteiger partial charge on any atom is -0.309 e. The molecule has 1 amide bonds. The Hall–Kier alpha value is -2.16. The third kappa shape index (κ3) is 4.51. The molecule has 1 aromatic carbocycles. The molecule has 0 saturated carbocycles. The second-order valence-corrected chi connectivity index (χ2v) is 6.80. The van der Waals surface area contributed by atoms with Gasteiger partial charge in [-0.15, -0.1) is 12.4 Å². The van der Waals surface area contributed by atoms with Gasteiger partial charge in [-0.3, -0.25) is 14.7 Å². The molecule has 6 nitrogen and oxygen atoms in total. The van der Waals surface area contributed by atoms with Crippen molar-refractivity contribution >= 4 is 45.0 Å². The summed E-state index contributed by atoms with van der Waals surface area (Å²) in [5.74, 6) is -0.675. The lowest BCUT2D eigenvalue weighted by Gasteiger charge is -2.20. The van der Waals surface area contributed by atoms with E-state index >= 15 is 0 Å². The molecule has 3 aromatic rings. The highest BCUT2D eigenvalue weighted by Gasteiger charge is 2.23. The monoisotopic (exact) mass is 395 g/mol. The Morgan fingerprint density at radius 3 is 2.69 bits per heavy atom. The minimum absolute atomic E-state index is 0. The van der Waals surface area contributed by atoms with Crippen molar-refractivity contribution < 1.29 is 9.18 Å². The van der Waals surface area contributed by atoms with Crippen molar-refractivity contribution in [3.63, 3.8) is 0 Å². The normalized spacial score (nSPS) is 10.8. The van der Waals surface area contributed by atoms with Gasteiger partial charge in [0.05, 0.1) is 10.9 Å². The third-order valence-corrected chi connectivity index (χ3v) is 4.65. The van der Waals surface area contributed by atoms with Gasteiger partial charge in [-0.05, 0) is 39.2 Å². The molecule has 0 unspecified atom stereocenters. The van der Waals surface area contributed by atoms with Crippen molar-refractivity contribution in [1.82, 2.24) is 19.9 Å². The van der Waals surface area contributed by atoms with Crippen LogP contribution in [0.25, 0.3) is 10.2 Å². The maximum absolute atomic E-state index is 14.0. The maximum atomic E-state index is 14.0. The standard InChI is InChI=1S/C17H18FN5OS.ClH/c1-22(2)9-4-10-23(16(24)13-11-19-7-8-20-13)17-21-15-12(18)5-3-6-14(15)25-17;/h3,5-8,11H,4,9-10H2,1-2H3;1H. The Kier molecular flexibility index (Phi) is 6.96. The molecule has 0 aliphatic rings. The van der Waals surface area contributed by atoms with E-state index in [1.165, 1.54) is 36.0 Å². The van der Waals surface area contributed by atoms with Crippen LogP contribution in [-0.4, -0.2) is 52.9 Å². The zero-order valence-corrected chi connectivity index (χ0v) is 16.1. The number of carbonyl (C=O) groups is 1. The highest BCUT2D eigenvalue weighted by atomic mass is 35.5. The van der Waals surface area contributed by atoms with Crippen LogP contribution in [0.5, 0.6) is 0 Å². The largest absolute Gasteiger partial charge is 0.309 e. The van der Waals surface area contributed by atoms with Crippen molar-refractivity contribution in [1.29, 1.82) is 0 Å². The molecule has 0 aliphatic carbocycles. The Morgan fingerprint density at radius 1 is 1.23 bits per heavy atom. The number of para-hydroxylation sites is 1. The summed E-state index contributed by atoms with van der Waals surface area (Å²) in [6.07, 6.45) is 5.18. The van der Waals surface area contributed by atoms with Gasteiger partial charge in [-0.2, -0.15) is 0 Å². The quantitative estimate of drug-likeness (QED) is 0.641. The van der Waals surface area contributed by atoms with Crippen LogP contribution in [0.1, 0.15) is 16.9 Å². The lowest BCUT2D eigenvalue weighted by molar-refractivity contribution is 0.0981. The summed E-state index contributed by atoms with van der Waals surface area (Å²) in [5, 5.41) is 0.467. The van der Waals surface area contributed by atoms with Gasteiger partial charge in [-0.25, -0.2) is 14.4 Å². The van der Waals surface area contributed by atoms with E-state index in [-0.39, 0.29) is 35.3 Å². The number of fused-ring (bicyclic) bond motifs is 1. The fourth-order valence-electron chi connectivity index (χ4n) is 2.40. The van der Waals surface area contributed by atoms with E-state index in [4.69, 9.17) is 0 Å². The van der Waals surface area contributed by atoms with E-state index in [1.807, 2.05) is 19.0 Å². The second kappa shape index (κ2) is 8.98. The Labute approximate surface area is 161 Å². The van der Waals surface area contributed by atoms with Crippen LogP contribution in [0.15, 0.2) is 36.8 Å². The number of rotatable bonds is 6. The predicted octanol–water partition coefficient (Wildman–Crippen LogP) is 3.25. The molecule has 0 saturated heterocycles. The molecule has 0 spiro atoms. The number of carbonyl (C=O) groups excluding carboxylic acids is 1. The van der Waals surface area contributed by atoms with Crippen LogP contribution in [0, 0.1) is 5.82 Å². The summed E-state index contributed by atoms with van der Waals surface area (Å²) >= 11 is 1.29. The Bertz CT molecular complexity index is 874. The highest BCUT2D eigenvalue weighted by Crippen LogP contribution is 2.31. The molecule has 138 valence electrons. The summed E-state index contributed by atoms with van der Waals surface area (Å²) < 4.78 is 14.7. The van der Waals surface area contributed by atoms with Crippen LogP contribution in [-0.2, 0) is 0 Å². The fraction of sp³-hybridized carbons (Fsp3) is 0.294. The predicted molar refractivity (Wildman–Crippen MR) is 104 cm³/mol. The molecule has 26 heavy (non-hydrogen) atoms. The summed E-state index contributed by atoms with van der Waals surface area (Å²) in [6.45, 7) is 1.29. The van der Waals surface area contributed by atoms with Crippen molar-refractivity contribution in [2.75, 3.05) is 32.1 Å². The third-order valence-electron chi connectivity index (χ3n) is 3.60. The molecule has 2 heterocycles. The number of aromatic nitrogens is 3. The number of anilines is 1. The van der Waals surface area contributed by atoms with Crippen LogP contribution in [0.4, 0.5) is 9.52 Å². The molecule has 3 rings (SSSR count). The van der Waals surface area contributed by atoms with Crippen LogP contribution in [0.3, 0.4) is 0 Å². The fourth-order valence-corrected chi connectivity index (χ4v) is 3.40. The van der Waals surface area contributed by atoms with E-state index in [0.717, 1.165) is 13.0 Å². The average Bonchev–Trinajstić information content (AvgIpc) is 3.04. The number of amides is 1. The summed E-state index contributed by atoms with van der Waals surface area (Å²) in [4.78, 5) is 28.8. The van der Waals surface area contributed by atoms with E-state index in [0.29, 0.717) is 16.4 Å². The van der Waals surface area contributed by atoms with E-state index < -0.39 is 0 Å². The summed E-state index contributed by atoms with van der Waals surface area (Å²) in [6, 6.07) is 4.80. The van der Waals surface area contributed by atoms with Crippen molar-refractivity contribution in [3.05, 3.63) is 48.3 Å². The van der Waals surface area contributed by atoms with E-state index in [9.17, 15) is 9.18 Å². The topological polar surface area (TPSA) is 62.2 Å². The molecule has 0 atom stereocenters. The van der Waals surface area contributed by atoms with Crippen molar-refractivity contribution in [2.24, 2.45) is 0 Å². The minimum atomic E-state index is -0.389. The molecule has 0 N–H and O–H groups in total. The van der Waals surface area contributed by atoms with Gasteiger partial charge >= 0.3 is 0 Å². The highest BCUT2D eigenvalue weighted by molar-refractivity contribution is 7.22. The molecule has 0 fully saturated rings. The first-order valence-electron chi connectivity index (χ1n) is 7.84. The number of hydrogen-bond acceptors (Lipinski definition) is 6. The molecule has 0 aliphatic heterocycles. The molecule has 2 aromatic heterocycles.